The molecule has 20 heavy (non-hydrogen) atoms. The van der Waals surface area contributed by atoms with E-state index < -0.39 is 0 Å². The van der Waals surface area contributed by atoms with Crippen LogP contribution in [0.1, 0.15) is 32.6 Å². The Hall–Kier alpha value is -1.46. The fourth-order valence-electron chi connectivity index (χ4n) is 2.98. The van der Waals surface area contributed by atoms with Gasteiger partial charge in [-0.05, 0) is 25.7 Å². The highest BCUT2D eigenvalue weighted by atomic mass is 35.5. The number of rotatable bonds is 2. The number of carbonyl (C=O) groups excluding carboxylic acids is 1. The van der Waals surface area contributed by atoms with Gasteiger partial charge in [0.1, 0.15) is 18.0 Å². The van der Waals surface area contributed by atoms with Gasteiger partial charge >= 0.3 is 5.97 Å². The van der Waals surface area contributed by atoms with Crippen LogP contribution in [-0.4, -0.2) is 28.6 Å². The van der Waals surface area contributed by atoms with Gasteiger partial charge in [-0.2, -0.15) is 4.99 Å². The van der Waals surface area contributed by atoms with E-state index in [9.17, 15) is 4.79 Å². The van der Waals surface area contributed by atoms with Crippen molar-refractivity contribution in [2.75, 3.05) is 0 Å². The monoisotopic (exact) mass is 294 g/mol. The van der Waals surface area contributed by atoms with Crippen molar-refractivity contribution < 1.29 is 13.5 Å². The number of hydrogen-bond donors (Lipinski definition) is 0. The van der Waals surface area contributed by atoms with Gasteiger partial charge in [0.05, 0.1) is 12.4 Å². The van der Waals surface area contributed by atoms with E-state index in [-0.39, 0.29) is 16.1 Å². The van der Waals surface area contributed by atoms with Gasteiger partial charge in [-0.25, -0.2) is 0 Å². The van der Waals surface area contributed by atoms with Gasteiger partial charge in [0.25, 0.3) is 0 Å². The summed E-state index contributed by atoms with van der Waals surface area (Å²) in [6, 6.07) is 0. The molecular weight excluding hydrogens is 278 g/mol. The molecule has 106 valence electrons. The van der Waals surface area contributed by atoms with E-state index >= 15 is 0 Å². The largest absolute Gasteiger partial charge is 0.463 e. The van der Waals surface area contributed by atoms with E-state index in [4.69, 9.17) is 16.5 Å². The molecule has 6 heteroatoms. The Balaban J connectivity index is 1.72. The number of ether oxygens (including phenoxy) is 1. The number of fused-ring (bicyclic) bond motifs is 1. The quantitative estimate of drug-likeness (QED) is 0.581. The van der Waals surface area contributed by atoms with Crippen molar-refractivity contribution in [2.24, 2.45) is 15.9 Å². The van der Waals surface area contributed by atoms with Gasteiger partial charge in [0.2, 0.25) is 12.0 Å². The van der Waals surface area contributed by atoms with Gasteiger partial charge in [-0.1, -0.05) is 0 Å². The number of halogens is 1. The zero-order valence-electron chi connectivity index (χ0n) is 11.3. The zero-order valence-corrected chi connectivity index (χ0v) is 12.1. The standard InChI is InChI=1S/C14H17ClN3O2/c1-10(19)20-12-4-2-11(3-5-12)14-13-8-16-6-7-18(13,15)9-17-14/h6-9,11-12H,2-5H2,1H3/q+1. The highest BCUT2D eigenvalue weighted by molar-refractivity contribution is 6.14. The van der Waals surface area contributed by atoms with Crippen molar-refractivity contribution in [2.45, 2.75) is 38.7 Å². The third kappa shape index (κ3) is 2.43. The summed E-state index contributed by atoms with van der Waals surface area (Å²) in [5.41, 5.74) is 1.96. The summed E-state index contributed by atoms with van der Waals surface area (Å²) in [7, 11) is 0. The second-order valence-corrected chi connectivity index (χ2v) is 5.92. The van der Waals surface area contributed by atoms with Gasteiger partial charge in [-0.3, -0.25) is 9.79 Å². The fourth-order valence-corrected chi connectivity index (χ4v) is 3.20. The summed E-state index contributed by atoms with van der Waals surface area (Å²) in [6.45, 7) is 1.46. The summed E-state index contributed by atoms with van der Waals surface area (Å²) in [5, 5.41) is 0. The number of nitrogens with zero attached hydrogens (tertiary/aromatic N) is 3. The summed E-state index contributed by atoms with van der Waals surface area (Å²) >= 11 is 6.47. The Morgan fingerprint density at radius 1 is 1.40 bits per heavy atom. The minimum atomic E-state index is -0.199. The third-order valence-electron chi connectivity index (χ3n) is 3.96. The molecule has 2 aliphatic heterocycles. The van der Waals surface area contributed by atoms with Crippen LogP contribution in [0.3, 0.4) is 0 Å². The summed E-state index contributed by atoms with van der Waals surface area (Å²) < 4.78 is 5.35. The smallest absolute Gasteiger partial charge is 0.302 e. The summed E-state index contributed by atoms with van der Waals surface area (Å²) in [4.78, 5) is 19.6. The first kappa shape index (κ1) is 13.5. The van der Waals surface area contributed by atoms with E-state index in [2.05, 4.69) is 9.98 Å². The topological polar surface area (TPSA) is 51.0 Å². The molecule has 0 bridgehead atoms. The lowest BCUT2D eigenvalue weighted by Gasteiger charge is -2.28. The molecule has 1 fully saturated rings. The van der Waals surface area contributed by atoms with E-state index in [1.54, 1.807) is 25.0 Å². The van der Waals surface area contributed by atoms with Crippen molar-refractivity contribution in [3.8, 4) is 0 Å². The second-order valence-electron chi connectivity index (χ2n) is 5.36. The number of aliphatic imine (C=N–C) groups is 2. The van der Waals surface area contributed by atoms with Crippen LogP contribution in [-0.2, 0) is 9.53 Å². The van der Waals surface area contributed by atoms with E-state index in [1.165, 1.54) is 6.92 Å². The Kier molecular flexibility index (Phi) is 3.48. The first-order chi connectivity index (χ1) is 9.58. The molecule has 3 aliphatic rings. The Morgan fingerprint density at radius 2 is 2.15 bits per heavy atom. The van der Waals surface area contributed by atoms with Crippen molar-refractivity contribution in [3.05, 3.63) is 23.8 Å². The van der Waals surface area contributed by atoms with Gasteiger partial charge in [-0.15, -0.1) is 4.00 Å². The van der Waals surface area contributed by atoms with Crippen LogP contribution in [0.4, 0.5) is 0 Å². The van der Waals surface area contributed by atoms with Crippen molar-refractivity contribution in [3.63, 3.8) is 0 Å². The highest BCUT2D eigenvalue weighted by Crippen LogP contribution is 2.39. The highest BCUT2D eigenvalue weighted by Gasteiger charge is 2.40. The first-order valence-corrected chi connectivity index (χ1v) is 7.18. The minimum Gasteiger partial charge on any atom is -0.463 e. The molecule has 0 radical (unpaired) electrons. The predicted octanol–water partition coefficient (Wildman–Crippen LogP) is 2.89. The SMILES string of the molecule is CC(=O)OC1CCC(C2=C3C=NC=C[N+]3(Cl)C=N2)CC1. The molecule has 2 heterocycles. The lowest BCUT2D eigenvalue weighted by atomic mass is 9.84. The molecule has 0 aromatic heterocycles. The summed E-state index contributed by atoms with van der Waals surface area (Å²) in [6.07, 6.45) is 10.7. The van der Waals surface area contributed by atoms with E-state index in [1.807, 2.05) is 0 Å². The normalized spacial score (nSPS) is 35.3. The van der Waals surface area contributed by atoms with Crippen LogP contribution in [0.2, 0.25) is 0 Å². The van der Waals surface area contributed by atoms with Crippen LogP contribution in [0.25, 0.3) is 0 Å². The third-order valence-corrected chi connectivity index (χ3v) is 4.34. The number of hydrogen-bond acceptors (Lipinski definition) is 4. The maximum Gasteiger partial charge on any atom is 0.302 e. The molecule has 5 nitrogen and oxygen atoms in total. The molecular formula is C14H17ClN3O2+. The van der Waals surface area contributed by atoms with Crippen LogP contribution in [0.5, 0.6) is 0 Å². The molecule has 0 N–H and O–H groups in total. The average Bonchev–Trinajstić information content (AvgIpc) is 2.76. The maximum atomic E-state index is 11.0. The first-order valence-electron chi connectivity index (χ1n) is 6.84. The van der Waals surface area contributed by atoms with Gasteiger partial charge < -0.3 is 4.74 Å². The molecule has 1 saturated carbocycles. The Labute approximate surface area is 123 Å². The molecule has 0 spiro atoms. The van der Waals surface area contributed by atoms with Gasteiger partial charge in [0.15, 0.2) is 11.8 Å². The van der Waals surface area contributed by atoms with Crippen LogP contribution < -0.4 is 0 Å². The van der Waals surface area contributed by atoms with E-state index in [0.29, 0.717) is 5.92 Å². The van der Waals surface area contributed by atoms with Crippen molar-refractivity contribution >= 4 is 30.3 Å². The van der Waals surface area contributed by atoms with Crippen LogP contribution >= 0.6 is 11.8 Å². The number of quaternary nitrogens is 1. The molecule has 0 saturated heterocycles. The predicted molar refractivity (Wildman–Crippen MR) is 76.8 cm³/mol. The second kappa shape index (κ2) is 5.14. The molecule has 1 unspecified atom stereocenters. The van der Waals surface area contributed by atoms with Crippen LogP contribution in [0, 0.1) is 5.92 Å². The Bertz CT molecular complexity index is 545. The van der Waals surface area contributed by atoms with Crippen molar-refractivity contribution in [1.29, 1.82) is 0 Å². The minimum absolute atomic E-state index is 0.0508. The van der Waals surface area contributed by atoms with Crippen LogP contribution in [0.15, 0.2) is 33.8 Å². The molecule has 1 atom stereocenters. The molecule has 0 aromatic carbocycles. The molecule has 1 aliphatic carbocycles. The van der Waals surface area contributed by atoms with Crippen molar-refractivity contribution in [1.82, 2.24) is 0 Å². The maximum absolute atomic E-state index is 11.0. The molecule has 3 rings (SSSR count). The summed E-state index contributed by atoms with van der Waals surface area (Å²) in [5.74, 6) is 0.167. The lowest BCUT2D eigenvalue weighted by molar-refractivity contribution is -0.592. The van der Waals surface area contributed by atoms with Gasteiger partial charge in [0, 0.05) is 12.8 Å². The number of esters is 1. The zero-order chi connectivity index (χ0) is 14.2. The number of allylic oxidation sites excluding steroid dienone is 2. The van der Waals surface area contributed by atoms with E-state index in [0.717, 1.165) is 37.1 Å². The fraction of sp³-hybridized carbons (Fsp3) is 0.500. The lowest BCUT2D eigenvalue weighted by Crippen LogP contribution is -2.30. The average molecular weight is 295 g/mol. The molecule has 0 amide bonds. The molecule has 0 aromatic rings. The Morgan fingerprint density at radius 3 is 2.85 bits per heavy atom. The number of carbonyl (C=O) groups is 1.